The maximum atomic E-state index is 13.4. The number of carbonyl (C=O) groups excluding carboxylic acids is 4. The highest BCUT2D eigenvalue weighted by Gasteiger charge is 2.43. The summed E-state index contributed by atoms with van der Waals surface area (Å²) in [7, 11) is 0.352. The van der Waals surface area contributed by atoms with Crippen molar-refractivity contribution >= 4 is 30.7 Å². The number of pyridine rings is 1. The van der Waals surface area contributed by atoms with Crippen LogP contribution in [0.1, 0.15) is 51.0 Å². The van der Waals surface area contributed by atoms with E-state index in [1.165, 1.54) is 17.9 Å². The van der Waals surface area contributed by atoms with Crippen LogP contribution in [-0.2, 0) is 23.7 Å². The average Bonchev–Trinajstić information content (AvgIpc) is 2.89. The zero-order chi connectivity index (χ0) is 28.7. The summed E-state index contributed by atoms with van der Waals surface area (Å²) in [5.74, 6) is -2.83. The van der Waals surface area contributed by atoms with Gasteiger partial charge in [-0.2, -0.15) is 0 Å². The first kappa shape index (κ1) is 30.0. The molecule has 0 unspecified atom stereocenters. The lowest BCUT2D eigenvalue weighted by atomic mass is 9.64. The van der Waals surface area contributed by atoms with Gasteiger partial charge in [-0.15, -0.1) is 0 Å². The number of nitrogens with one attached hydrogen (secondary N) is 1. The minimum absolute atomic E-state index is 0.0789. The molecule has 11 heteroatoms. The van der Waals surface area contributed by atoms with Crippen molar-refractivity contribution in [1.82, 2.24) is 15.2 Å². The second kappa shape index (κ2) is 13.5. The smallest absolute Gasteiger partial charge is 0.498 e. The van der Waals surface area contributed by atoms with Gasteiger partial charge in [0.05, 0.1) is 18.3 Å². The lowest BCUT2D eigenvalue weighted by Crippen LogP contribution is -2.51. The average molecular weight is 537 g/mol. The molecule has 2 heterocycles. The Labute approximate surface area is 229 Å². The highest BCUT2D eigenvalue weighted by molar-refractivity contribution is 6.51. The van der Waals surface area contributed by atoms with Crippen LogP contribution in [-0.4, -0.2) is 77.5 Å². The van der Waals surface area contributed by atoms with Crippen LogP contribution in [0, 0.1) is 5.92 Å². The van der Waals surface area contributed by atoms with Crippen molar-refractivity contribution in [2.45, 2.75) is 64.5 Å². The van der Waals surface area contributed by atoms with E-state index in [4.69, 9.17) is 9.31 Å². The molecule has 1 aromatic heterocycles. The number of amides is 1. The number of aromatic nitrogens is 1. The molecular formula is C28H36BN3O7. The van der Waals surface area contributed by atoms with Crippen LogP contribution in [0.25, 0.3) is 11.3 Å². The van der Waals surface area contributed by atoms with Crippen LogP contribution in [0.2, 0.25) is 5.82 Å². The largest absolute Gasteiger partial charge is 0.602 e. The molecule has 0 radical (unpaired) electrons. The lowest BCUT2D eigenvalue weighted by Gasteiger charge is -2.31. The van der Waals surface area contributed by atoms with E-state index in [9.17, 15) is 24.3 Å². The van der Waals surface area contributed by atoms with Gasteiger partial charge in [-0.25, -0.2) is 4.98 Å². The van der Waals surface area contributed by atoms with E-state index in [2.05, 4.69) is 10.3 Å². The Morgan fingerprint density at radius 3 is 2.44 bits per heavy atom. The summed E-state index contributed by atoms with van der Waals surface area (Å²) in [5, 5.41) is 13.0. The minimum atomic E-state index is -1.26. The Hall–Kier alpha value is -3.57. The van der Waals surface area contributed by atoms with Crippen molar-refractivity contribution in [2.24, 2.45) is 5.92 Å². The predicted octanol–water partition coefficient (Wildman–Crippen LogP) is 2.51. The van der Waals surface area contributed by atoms with Crippen LogP contribution < -0.4 is 5.32 Å². The summed E-state index contributed by atoms with van der Waals surface area (Å²) in [4.78, 5) is 57.4. The van der Waals surface area contributed by atoms with Crippen molar-refractivity contribution in [3.63, 3.8) is 0 Å². The molecule has 0 aliphatic carbocycles. The standard InChI is InChI=1S/C28H36BN3O7/c1-17(2)14-21(29-38-25(35)16-32(5)18(3)28(37)39-29)15-24(34)26(19(4)33)31-27(36)23-13-9-12-22(30-23)20-10-7-6-8-11-20/h6-13,17-19,21,26,33H,14-16H2,1-5H3,(H,31,36)/t18-,19-,21-,26+/m1/s1. The summed E-state index contributed by atoms with van der Waals surface area (Å²) in [6.45, 7) is 6.79. The number of hydrogen-bond acceptors (Lipinski definition) is 9. The number of likely N-dealkylation sites (N-methyl/N-ethyl adjacent to an activating group) is 1. The highest BCUT2D eigenvalue weighted by Crippen LogP contribution is 2.29. The van der Waals surface area contributed by atoms with Gasteiger partial charge in [-0.3, -0.25) is 24.1 Å². The molecule has 4 atom stereocenters. The second-order valence-corrected chi connectivity index (χ2v) is 10.4. The van der Waals surface area contributed by atoms with Gasteiger partial charge >= 0.3 is 19.1 Å². The fourth-order valence-electron chi connectivity index (χ4n) is 4.41. The molecule has 10 nitrogen and oxygen atoms in total. The molecule has 3 rings (SSSR count). The maximum Gasteiger partial charge on any atom is 0.602 e. The third kappa shape index (κ3) is 8.21. The number of carbonyl (C=O) groups is 4. The van der Waals surface area contributed by atoms with Crippen LogP contribution in [0.3, 0.4) is 0 Å². The maximum absolute atomic E-state index is 13.4. The predicted molar refractivity (Wildman–Crippen MR) is 145 cm³/mol. The van der Waals surface area contributed by atoms with Crippen molar-refractivity contribution in [3.05, 3.63) is 54.2 Å². The lowest BCUT2D eigenvalue weighted by molar-refractivity contribution is -0.150. The first-order chi connectivity index (χ1) is 18.5. The van der Waals surface area contributed by atoms with E-state index < -0.39 is 54.8 Å². The summed E-state index contributed by atoms with van der Waals surface area (Å²) in [6.07, 6.45) is -1.00. The summed E-state index contributed by atoms with van der Waals surface area (Å²) in [6, 6.07) is 12.4. The molecule has 1 aliphatic rings. The van der Waals surface area contributed by atoms with Crippen molar-refractivity contribution in [2.75, 3.05) is 13.6 Å². The molecule has 208 valence electrons. The van der Waals surface area contributed by atoms with E-state index in [1.54, 1.807) is 26.1 Å². The molecule has 0 saturated carbocycles. The van der Waals surface area contributed by atoms with Gasteiger partial charge in [0.2, 0.25) is 0 Å². The molecule has 0 bridgehead atoms. The van der Waals surface area contributed by atoms with Gasteiger partial charge < -0.3 is 19.7 Å². The first-order valence-electron chi connectivity index (χ1n) is 13.1. The van der Waals surface area contributed by atoms with Crippen LogP contribution in [0.5, 0.6) is 0 Å². The molecule has 2 N–H and O–H groups in total. The molecule has 2 aromatic rings. The zero-order valence-corrected chi connectivity index (χ0v) is 23.0. The fraction of sp³-hybridized carbons (Fsp3) is 0.464. The zero-order valence-electron chi connectivity index (χ0n) is 23.0. The number of benzene rings is 1. The Kier molecular flexibility index (Phi) is 10.4. The molecule has 39 heavy (non-hydrogen) atoms. The number of rotatable bonds is 10. The van der Waals surface area contributed by atoms with Crippen LogP contribution in [0.15, 0.2) is 48.5 Å². The number of aliphatic hydroxyl groups excluding tert-OH is 1. The fourth-order valence-corrected chi connectivity index (χ4v) is 4.41. The summed E-state index contributed by atoms with van der Waals surface area (Å²) >= 11 is 0. The Balaban J connectivity index is 1.78. The number of Topliss-reactive ketones (excluding diaryl/α,β-unsaturated/α-hetero) is 1. The molecular weight excluding hydrogens is 501 g/mol. The van der Waals surface area contributed by atoms with E-state index in [-0.39, 0.29) is 24.6 Å². The van der Waals surface area contributed by atoms with Gasteiger partial charge in [-0.05, 0) is 45.4 Å². The summed E-state index contributed by atoms with van der Waals surface area (Å²) in [5.41, 5.74) is 1.51. The number of ketones is 1. The Bertz CT molecular complexity index is 1170. The highest BCUT2D eigenvalue weighted by atomic mass is 16.6. The molecule has 1 amide bonds. The third-order valence-electron chi connectivity index (χ3n) is 6.65. The van der Waals surface area contributed by atoms with Gasteiger partial charge in [0.1, 0.15) is 17.8 Å². The van der Waals surface area contributed by atoms with E-state index >= 15 is 0 Å². The monoisotopic (exact) mass is 537 g/mol. The van der Waals surface area contributed by atoms with Crippen LogP contribution in [0.4, 0.5) is 0 Å². The van der Waals surface area contributed by atoms with Gasteiger partial charge in [0, 0.05) is 17.8 Å². The van der Waals surface area contributed by atoms with Crippen molar-refractivity contribution < 1.29 is 33.6 Å². The Morgan fingerprint density at radius 1 is 1.10 bits per heavy atom. The van der Waals surface area contributed by atoms with E-state index in [0.717, 1.165) is 5.56 Å². The molecule has 1 aromatic carbocycles. The van der Waals surface area contributed by atoms with Gasteiger partial charge in [-0.1, -0.05) is 50.2 Å². The van der Waals surface area contributed by atoms with Crippen molar-refractivity contribution in [1.29, 1.82) is 0 Å². The van der Waals surface area contributed by atoms with Gasteiger partial charge in [0.15, 0.2) is 5.78 Å². The molecule has 1 fully saturated rings. The number of aliphatic hydroxyl groups is 1. The number of nitrogens with zero attached hydrogens (tertiary/aromatic N) is 2. The van der Waals surface area contributed by atoms with E-state index in [0.29, 0.717) is 12.1 Å². The summed E-state index contributed by atoms with van der Waals surface area (Å²) < 4.78 is 11.0. The second-order valence-electron chi connectivity index (χ2n) is 10.4. The quantitative estimate of drug-likeness (QED) is 0.439. The van der Waals surface area contributed by atoms with Crippen molar-refractivity contribution in [3.8, 4) is 11.3 Å². The first-order valence-corrected chi connectivity index (χ1v) is 13.1. The SMILES string of the molecule is CC(C)C[C@H](CC(=O)[C@@H](NC(=O)c1cccc(-c2ccccc2)n1)[C@@H](C)O)B1OC(=O)CN(C)[C@H](C)C(=O)O1. The Morgan fingerprint density at radius 2 is 1.79 bits per heavy atom. The van der Waals surface area contributed by atoms with Gasteiger partial charge in [0.25, 0.3) is 5.91 Å². The molecule has 1 aliphatic heterocycles. The van der Waals surface area contributed by atoms with E-state index in [1.807, 2.05) is 44.2 Å². The minimum Gasteiger partial charge on any atom is -0.498 e. The topological polar surface area (TPSA) is 135 Å². The number of hydrogen-bond donors (Lipinski definition) is 2. The third-order valence-corrected chi connectivity index (χ3v) is 6.65. The molecule has 1 saturated heterocycles. The normalized spacial score (nSPS) is 18.8. The van der Waals surface area contributed by atoms with Crippen LogP contribution >= 0.6 is 0 Å². The molecule has 0 spiro atoms.